The highest BCUT2D eigenvalue weighted by Crippen LogP contribution is 2.23. The first-order chi connectivity index (χ1) is 10.0. The molecule has 3 rings (SSSR count). The molecule has 7 heteroatoms. The number of piperidine rings is 1. The van der Waals surface area contributed by atoms with E-state index in [2.05, 4.69) is 4.98 Å². The number of imidazole rings is 1. The molecule has 0 saturated carbocycles. The number of fused-ring (bicyclic) bond motifs is 1. The zero-order valence-corrected chi connectivity index (χ0v) is 12.5. The van der Waals surface area contributed by atoms with E-state index in [-0.39, 0.29) is 12.3 Å². The number of hydrogen-bond donors (Lipinski definition) is 1. The van der Waals surface area contributed by atoms with Crippen LogP contribution in [0.2, 0.25) is 0 Å². The molecule has 0 spiro atoms. The Kier molecular flexibility index (Phi) is 3.67. The van der Waals surface area contributed by atoms with E-state index in [0.717, 1.165) is 11.4 Å². The molecule has 6 nitrogen and oxygen atoms in total. The minimum Gasteiger partial charge on any atom is -0.480 e. The van der Waals surface area contributed by atoms with Gasteiger partial charge in [0.05, 0.1) is 12.1 Å². The van der Waals surface area contributed by atoms with Crippen molar-refractivity contribution in [2.75, 3.05) is 6.54 Å². The first-order valence-corrected chi connectivity index (χ1v) is 7.86. The smallest absolute Gasteiger partial charge is 0.326 e. The lowest BCUT2D eigenvalue weighted by Gasteiger charge is -2.35. The molecule has 112 valence electrons. The second-order valence-corrected chi connectivity index (χ2v) is 6.45. The van der Waals surface area contributed by atoms with Crippen molar-refractivity contribution in [2.24, 2.45) is 5.92 Å². The van der Waals surface area contributed by atoms with Gasteiger partial charge in [-0.05, 0) is 18.8 Å². The number of carbonyl (C=O) groups excluding carboxylic acids is 1. The quantitative estimate of drug-likeness (QED) is 0.935. The summed E-state index contributed by atoms with van der Waals surface area (Å²) in [5.74, 6) is -0.728. The summed E-state index contributed by atoms with van der Waals surface area (Å²) in [5.41, 5.74) is 0.689. The molecule has 2 aromatic heterocycles. The maximum absolute atomic E-state index is 12.4. The maximum Gasteiger partial charge on any atom is 0.326 e. The van der Waals surface area contributed by atoms with Crippen LogP contribution in [0.4, 0.5) is 0 Å². The van der Waals surface area contributed by atoms with Crippen LogP contribution in [-0.4, -0.2) is 43.9 Å². The van der Waals surface area contributed by atoms with Crippen molar-refractivity contribution >= 4 is 28.2 Å². The van der Waals surface area contributed by atoms with E-state index in [4.69, 9.17) is 0 Å². The van der Waals surface area contributed by atoms with E-state index < -0.39 is 12.0 Å². The standard InChI is InChI=1S/C14H17N3O3S/c1-9-2-3-17(11(6-9)13(19)20)12(18)7-10-8-16-4-5-21-14(16)15-10/h4-5,8-9,11H,2-3,6-7H2,1H3,(H,19,20). The molecule has 2 aromatic rings. The Morgan fingerprint density at radius 2 is 2.33 bits per heavy atom. The van der Waals surface area contributed by atoms with E-state index in [1.54, 1.807) is 0 Å². The van der Waals surface area contributed by atoms with Gasteiger partial charge >= 0.3 is 5.97 Å². The van der Waals surface area contributed by atoms with Crippen LogP contribution in [0.25, 0.3) is 4.96 Å². The van der Waals surface area contributed by atoms with Crippen LogP contribution in [-0.2, 0) is 16.0 Å². The fourth-order valence-corrected chi connectivity index (χ4v) is 3.51. The number of thiazole rings is 1. The third-order valence-electron chi connectivity index (χ3n) is 3.95. The number of carboxylic acid groups (broad SMARTS) is 1. The number of hydrogen-bond acceptors (Lipinski definition) is 4. The monoisotopic (exact) mass is 307 g/mol. The third-order valence-corrected chi connectivity index (χ3v) is 4.72. The van der Waals surface area contributed by atoms with Crippen LogP contribution in [0.15, 0.2) is 17.8 Å². The molecule has 1 saturated heterocycles. The second kappa shape index (κ2) is 5.48. The van der Waals surface area contributed by atoms with Crippen LogP contribution < -0.4 is 0 Å². The summed E-state index contributed by atoms with van der Waals surface area (Å²) in [6.07, 6.45) is 5.26. The number of carbonyl (C=O) groups is 2. The molecule has 0 aliphatic carbocycles. The number of rotatable bonds is 3. The zero-order valence-electron chi connectivity index (χ0n) is 11.7. The van der Waals surface area contributed by atoms with Gasteiger partial charge in [-0.3, -0.25) is 9.20 Å². The predicted molar refractivity (Wildman–Crippen MR) is 78.3 cm³/mol. The lowest BCUT2D eigenvalue weighted by Crippen LogP contribution is -2.50. The predicted octanol–water partition coefficient (Wildman–Crippen LogP) is 1.65. The van der Waals surface area contributed by atoms with E-state index in [1.807, 2.05) is 29.1 Å². The molecule has 3 heterocycles. The van der Waals surface area contributed by atoms with Crippen LogP contribution >= 0.6 is 11.3 Å². The molecule has 2 unspecified atom stereocenters. The molecule has 1 N–H and O–H groups in total. The molecule has 1 aliphatic rings. The van der Waals surface area contributed by atoms with E-state index in [1.165, 1.54) is 16.2 Å². The van der Waals surface area contributed by atoms with Gasteiger partial charge in [0.15, 0.2) is 4.96 Å². The van der Waals surface area contributed by atoms with Crippen LogP contribution in [0, 0.1) is 5.92 Å². The van der Waals surface area contributed by atoms with Crippen molar-refractivity contribution in [3.63, 3.8) is 0 Å². The summed E-state index contributed by atoms with van der Waals surface area (Å²) < 4.78 is 1.88. The number of aliphatic carboxylic acids is 1. The molecule has 1 aliphatic heterocycles. The number of nitrogens with zero attached hydrogens (tertiary/aromatic N) is 3. The van der Waals surface area contributed by atoms with Gasteiger partial charge in [0.2, 0.25) is 5.91 Å². The first kappa shape index (κ1) is 14.1. The van der Waals surface area contributed by atoms with Gasteiger partial charge in [-0.15, -0.1) is 11.3 Å². The Hall–Kier alpha value is -1.89. The van der Waals surface area contributed by atoms with Gasteiger partial charge in [0.1, 0.15) is 6.04 Å². The average Bonchev–Trinajstić information content (AvgIpc) is 2.99. The molecule has 0 aromatic carbocycles. The number of aromatic nitrogens is 2. The SMILES string of the molecule is CC1CCN(C(=O)Cc2cn3ccsc3n2)C(C(=O)O)C1. The summed E-state index contributed by atoms with van der Waals surface area (Å²) in [6.45, 7) is 2.54. The number of carboxylic acids is 1. The van der Waals surface area contributed by atoms with Crippen LogP contribution in [0.1, 0.15) is 25.5 Å². The number of amides is 1. The fraction of sp³-hybridized carbons (Fsp3) is 0.500. The molecule has 21 heavy (non-hydrogen) atoms. The molecule has 2 atom stereocenters. The lowest BCUT2D eigenvalue weighted by atomic mass is 9.92. The van der Waals surface area contributed by atoms with Crippen molar-refractivity contribution in [2.45, 2.75) is 32.2 Å². The highest BCUT2D eigenvalue weighted by Gasteiger charge is 2.34. The Labute approximate surface area is 126 Å². The molecular weight excluding hydrogens is 290 g/mol. The average molecular weight is 307 g/mol. The maximum atomic E-state index is 12.4. The van der Waals surface area contributed by atoms with Crippen molar-refractivity contribution in [1.82, 2.24) is 14.3 Å². The normalized spacial score (nSPS) is 22.6. The lowest BCUT2D eigenvalue weighted by molar-refractivity contribution is -0.152. The summed E-state index contributed by atoms with van der Waals surface area (Å²) in [5, 5.41) is 11.2. The third kappa shape index (κ3) is 2.78. The molecule has 1 amide bonds. The van der Waals surface area contributed by atoms with Crippen LogP contribution in [0.3, 0.4) is 0 Å². The molecular formula is C14H17N3O3S. The van der Waals surface area contributed by atoms with Crippen LogP contribution in [0.5, 0.6) is 0 Å². The first-order valence-electron chi connectivity index (χ1n) is 6.98. The van der Waals surface area contributed by atoms with Gasteiger partial charge in [-0.25, -0.2) is 9.78 Å². The van der Waals surface area contributed by atoms with E-state index in [0.29, 0.717) is 24.6 Å². The Balaban J connectivity index is 1.74. The van der Waals surface area contributed by atoms with Crippen molar-refractivity contribution in [3.05, 3.63) is 23.5 Å². The minimum absolute atomic E-state index is 0.153. The Morgan fingerprint density at radius 3 is 3.05 bits per heavy atom. The second-order valence-electron chi connectivity index (χ2n) is 5.57. The van der Waals surface area contributed by atoms with E-state index >= 15 is 0 Å². The Bertz CT molecular complexity index is 649. The fourth-order valence-electron chi connectivity index (χ4n) is 2.79. The van der Waals surface area contributed by atoms with Gasteiger partial charge in [0.25, 0.3) is 0 Å². The largest absolute Gasteiger partial charge is 0.480 e. The zero-order chi connectivity index (χ0) is 15.0. The van der Waals surface area contributed by atoms with Gasteiger partial charge in [-0.2, -0.15) is 0 Å². The summed E-state index contributed by atoms with van der Waals surface area (Å²) in [4.78, 5) is 30.5. The summed E-state index contributed by atoms with van der Waals surface area (Å²) >= 11 is 1.51. The minimum atomic E-state index is -0.916. The summed E-state index contributed by atoms with van der Waals surface area (Å²) in [6, 6.07) is -0.704. The number of likely N-dealkylation sites (tertiary alicyclic amines) is 1. The van der Waals surface area contributed by atoms with Crippen molar-refractivity contribution in [1.29, 1.82) is 0 Å². The van der Waals surface area contributed by atoms with Gasteiger partial charge in [-0.1, -0.05) is 6.92 Å². The topological polar surface area (TPSA) is 74.9 Å². The molecule has 0 radical (unpaired) electrons. The highest BCUT2D eigenvalue weighted by atomic mass is 32.1. The van der Waals surface area contributed by atoms with Gasteiger partial charge < -0.3 is 10.0 Å². The summed E-state index contributed by atoms with van der Waals surface area (Å²) in [7, 11) is 0. The van der Waals surface area contributed by atoms with E-state index in [9.17, 15) is 14.7 Å². The van der Waals surface area contributed by atoms with Gasteiger partial charge in [0, 0.05) is 24.3 Å². The van der Waals surface area contributed by atoms with Crippen molar-refractivity contribution in [3.8, 4) is 0 Å². The molecule has 0 bridgehead atoms. The molecule has 1 fully saturated rings. The van der Waals surface area contributed by atoms with Crippen molar-refractivity contribution < 1.29 is 14.7 Å². The highest BCUT2D eigenvalue weighted by molar-refractivity contribution is 7.15. The Morgan fingerprint density at radius 1 is 1.52 bits per heavy atom.